The Balaban J connectivity index is 2.35. The van der Waals surface area contributed by atoms with Crippen LogP contribution in [0, 0.1) is 0 Å². The molecular formula is C10H19N3O2. The Kier molecular flexibility index (Phi) is 5.28. The first-order valence-electron chi connectivity index (χ1n) is 5.32. The Morgan fingerprint density at radius 1 is 1.53 bits per heavy atom. The van der Waals surface area contributed by atoms with Gasteiger partial charge in [-0.25, -0.2) is 0 Å². The van der Waals surface area contributed by atoms with Gasteiger partial charge in [0.25, 0.3) is 0 Å². The first kappa shape index (κ1) is 12.1. The van der Waals surface area contributed by atoms with Crippen LogP contribution in [0.25, 0.3) is 0 Å². The van der Waals surface area contributed by atoms with Crippen LogP contribution in [0.2, 0.25) is 0 Å². The van der Waals surface area contributed by atoms with Crippen molar-refractivity contribution in [1.29, 1.82) is 0 Å². The van der Waals surface area contributed by atoms with Crippen LogP contribution in [0.4, 0.5) is 0 Å². The van der Waals surface area contributed by atoms with Gasteiger partial charge in [0.05, 0.1) is 0 Å². The summed E-state index contributed by atoms with van der Waals surface area (Å²) in [6.45, 7) is 2.76. The molecule has 0 spiro atoms. The van der Waals surface area contributed by atoms with Crippen LogP contribution in [0.5, 0.6) is 0 Å². The lowest BCUT2D eigenvalue weighted by Crippen LogP contribution is -2.21. The molecule has 15 heavy (non-hydrogen) atoms. The van der Waals surface area contributed by atoms with Crippen molar-refractivity contribution in [3.05, 3.63) is 11.7 Å². The second-order valence-corrected chi connectivity index (χ2v) is 3.57. The van der Waals surface area contributed by atoms with Crippen molar-refractivity contribution >= 4 is 0 Å². The van der Waals surface area contributed by atoms with Crippen LogP contribution in [0.15, 0.2) is 4.52 Å². The predicted octanol–water partition coefficient (Wildman–Crippen LogP) is 0.928. The Labute approximate surface area is 90.0 Å². The van der Waals surface area contributed by atoms with Gasteiger partial charge in [-0.1, -0.05) is 12.1 Å². The molecule has 0 bridgehead atoms. The van der Waals surface area contributed by atoms with Gasteiger partial charge in [0.2, 0.25) is 5.89 Å². The topological polar surface area (TPSA) is 74.2 Å². The number of nitrogens with zero attached hydrogens (tertiary/aromatic N) is 2. The van der Waals surface area contributed by atoms with Gasteiger partial charge in [-0.15, -0.1) is 0 Å². The number of hydrogen-bond acceptors (Lipinski definition) is 5. The van der Waals surface area contributed by atoms with E-state index >= 15 is 0 Å². The molecule has 1 rings (SSSR count). The van der Waals surface area contributed by atoms with Crippen molar-refractivity contribution < 1.29 is 9.26 Å². The first-order valence-corrected chi connectivity index (χ1v) is 5.32. The van der Waals surface area contributed by atoms with Gasteiger partial charge >= 0.3 is 0 Å². The summed E-state index contributed by atoms with van der Waals surface area (Å²) in [6.07, 6.45) is 3.28. The summed E-state index contributed by atoms with van der Waals surface area (Å²) in [6, 6.07) is 0.109. The van der Waals surface area contributed by atoms with Crippen molar-refractivity contribution in [2.45, 2.75) is 38.6 Å². The maximum absolute atomic E-state index is 5.79. The molecular weight excluding hydrogens is 194 g/mol. The molecule has 86 valence electrons. The summed E-state index contributed by atoms with van der Waals surface area (Å²) < 4.78 is 10.0. The maximum Gasteiger partial charge on any atom is 0.228 e. The summed E-state index contributed by atoms with van der Waals surface area (Å²) in [5.74, 6) is 1.38. The number of ether oxygens (including phenoxy) is 1. The SMILES string of the molecule is CCC(N)Cc1nc(CCCOC)no1. The lowest BCUT2D eigenvalue weighted by Gasteiger charge is -2.02. The van der Waals surface area contributed by atoms with Crippen LogP contribution in [-0.4, -0.2) is 29.9 Å². The van der Waals surface area contributed by atoms with Gasteiger partial charge in [-0.05, 0) is 12.8 Å². The average Bonchev–Trinajstić information content (AvgIpc) is 2.66. The molecule has 0 aliphatic heterocycles. The van der Waals surface area contributed by atoms with E-state index in [1.807, 2.05) is 6.92 Å². The first-order chi connectivity index (χ1) is 7.26. The zero-order valence-corrected chi connectivity index (χ0v) is 9.40. The second kappa shape index (κ2) is 6.53. The van der Waals surface area contributed by atoms with Gasteiger partial charge < -0.3 is 15.0 Å². The molecule has 5 heteroatoms. The molecule has 1 atom stereocenters. The number of hydrogen-bond donors (Lipinski definition) is 1. The number of aryl methyl sites for hydroxylation is 1. The predicted molar refractivity (Wildman–Crippen MR) is 56.5 cm³/mol. The van der Waals surface area contributed by atoms with Crippen molar-refractivity contribution in [2.24, 2.45) is 5.73 Å². The van der Waals surface area contributed by atoms with Gasteiger partial charge in [0, 0.05) is 32.6 Å². The Hall–Kier alpha value is -0.940. The number of rotatable bonds is 7. The van der Waals surface area contributed by atoms with E-state index in [0.29, 0.717) is 12.3 Å². The van der Waals surface area contributed by atoms with E-state index in [0.717, 1.165) is 31.7 Å². The molecule has 0 amide bonds. The van der Waals surface area contributed by atoms with E-state index in [4.69, 9.17) is 15.0 Å². The summed E-state index contributed by atoms with van der Waals surface area (Å²) in [5, 5.41) is 3.88. The van der Waals surface area contributed by atoms with E-state index in [1.165, 1.54) is 0 Å². The fraction of sp³-hybridized carbons (Fsp3) is 0.800. The highest BCUT2D eigenvalue weighted by molar-refractivity contribution is 4.88. The van der Waals surface area contributed by atoms with E-state index < -0.39 is 0 Å². The smallest absolute Gasteiger partial charge is 0.228 e. The molecule has 0 aromatic carbocycles. The molecule has 0 radical (unpaired) electrons. The molecule has 5 nitrogen and oxygen atoms in total. The lowest BCUT2D eigenvalue weighted by atomic mass is 10.2. The van der Waals surface area contributed by atoms with Crippen molar-refractivity contribution in [3.8, 4) is 0 Å². The van der Waals surface area contributed by atoms with Crippen molar-refractivity contribution in [3.63, 3.8) is 0 Å². The summed E-state index contributed by atoms with van der Waals surface area (Å²) in [7, 11) is 1.68. The van der Waals surface area contributed by atoms with Gasteiger partial charge in [-0.3, -0.25) is 0 Å². The van der Waals surface area contributed by atoms with E-state index in [9.17, 15) is 0 Å². The van der Waals surface area contributed by atoms with Crippen LogP contribution in [0.1, 0.15) is 31.5 Å². The van der Waals surface area contributed by atoms with Crippen LogP contribution in [0.3, 0.4) is 0 Å². The monoisotopic (exact) mass is 213 g/mol. The summed E-state index contributed by atoms with van der Waals surface area (Å²) >= 11 is 0. The largest absolute Gasteiger partial charge is 0.385 e. The zero-order valence-electron chi connectivity index (χ0n) is 9.40. The van der Waals surface area contributed by atoms with Gasteiger partial charge in [0.1, 0.15) is 0 Å². The summed E-state index contributed by atoms with van der Waals surface area (Å²) in [5.41, 5.74) is 5.79. The molecule has 0 saturated heterocycles. The van der Waals surface area contributed by atoms with Gasteiger partial charge in [-0.2, -0.15) is 4.98 Å². The third-order valence-corrected chi connectivity index (χ3v) is 2.22. The highest BCUT2D eigenvalue weighted by atomic mass is 16.5. The Bertz CT molecular complexity index is 275. The van der Waals surface area contributed by atoms with Crippen LogP contribution in [-0.2, 0) is 17.6 Å². The normalized spacial score (nSPS) is 13.0. The molecule has 1 heterocycles. The van der Waals surface area contributed by atoms with Crippen molar-refractivity contribution in [2.75, 3.05) is 13.7 Å². The zero-order chi connectivity index (χ0) is 11.1. The van der Waals surface area contributed by atoms with E-state index in [1.54, 1.807) is 7.11 Å². The standard InChI is InChI=1S/C10H19N3O2/c1-3-8(11)7-10-12-9(13-15-10)5-4-6-14-2/h8H,3-7,11H2,1-2H3. The van der Waals surface area contributed by atoms with E-state index in [-0.39, 0.29) is 6.04 Å². The highest BCUT2D eigenvalue weighted by Crippen LogP contribution is 2.04. The quantitative estimate of drug-likeness (QED) is 0.682. The van der Waals surface area contributed by atoms with E-state index in [2.05, 4.69) is 10.1 Å². The fourth-order valence-electron chi connectivity index (χ4n) is 1.22. The minimum Gasteiger partial charge on any atom is -0.385 e. The third kappa shape index (κ3) is 4.40. The minimum atomic E-state index is 0.109. The third-order valence-electron chi connectivity index (χ3n) is 2.22. The molecule has 1 aromatic rings. The fourth-order valence-corrected chi connectivity index (χ4v) is 1.22. The number of nitrogens with two attached hydrogens (primary N) is 1. The minimum absolute atomic E-state index is 0.109. The Morgan fingerprint density at radius 3 is 3.00 bits per heavy atom. The molecule has 2 N–H and O–H groups in total. The number of methoxy groups -OCH3 is 1. The Morgan fingerprint density at radius 2 is 2.33 bits per heavy atom. The molecule has 0 saturated carbocycles. The summed E-state index contributed by atoms with van der Waals surface area (Å²) in [4.78, 5) is 4.26. The highest BCUT2D eigenvalue weighted by Gasteiger charge is 2.09. The molecule has 0 fully saturated rings. The molecule has 1 aromatic heterocycles. The van der Waals surface area contributed by atoms with Gasteiger partial charge in [0.15, 0.2) is 5.82 Å². The van der Waals surface area contributed by atoms with Crippen LogP contribution >= 0.6 is 0 Å². The number of aromatic nitrogens is 2. The molecule has 0 aliphatic carbocycles. The maximum atomic E-state index is 5.79. The molecule has 0 aliphatic rings. The average molecular weight is 213 g/mol. The second-order valence-electron chi connectivity index (χ2n) is 3.57. The molecule has 1 unspecified atom stereocenters. The van der Waals surface area contributed by atoms with Crippen LogP contribution < -0.4 is 5.73 Å². The lowest BCUT2D eigenvalue weighted by molar-refractivity contribution is 0.194. The van der Waals surface area contributed by atoms with Crippen molar-refractivity contribution in [1.82, 2.24) is 10.1 Å².